The zero-order valence-corrected chi connectivity index (χ0v) is 14.1. The summed E-state index contributed by atoms with van der Waals surface area (Å²) in [6.07, 6.45) is 0.963. The van der Waals surface area contributed by atoms with Crippen molar-refractivity contribution in [2.75, 3.05) is 33.9 Å². The lowest BCUT2D eigenvalue weighted by atomic mass is 10.1. The number of thiophene rings is 1. The van der Waals surface area contributed by atoms with Gasteiger partial charge in [-0.15, -0.1) is 0 Å². The molecule has 0 aliphatic carbocycles. The standard InChI is InChI=1S/C17H24N2O2S/c1-20-16-4-3-14(11-17(16)21-2)5-8-19(9-7-18)12-15-6-10-22-13-15/h3-4,6,10-11,13H,5,7-9,12,18H2,1-2H3. The highest BCUT2D eigenvalue weighted by molar-refractivity contribution is 7.07. The largest absolute Gasteiger partial charge is 0.493 e. The van der Waals surface area contributed by atoms with Gasteiger partial charge in [0.05, 0.1) is 14.2 Å². The Kier molecular flexibility index (Phi) is 6.71. The summed E-state index contributed by atoms with van der Waals surface area (Å²) >= 11 is 1.73. The quantitative estimate of drug-likeness (QED) is 0.772. The predicted octanol–water partition coefficient (Wildman–Crippen LogP) is 2.77. The lowest BCUT2D eigenvalue weighted by Gasteiger charge is -2.21. The predicted molar refractivity (Wildman–Crippen MR) is 91.9 cm³/mol. The third-order valence-electron chi connectivity index (χ3n) is 3.60. The molecule has 2 rings (SSSR count). The summed E-state index contributed by atoms with van der Waals surface area (Å²) in [6.45, 7) is 3.51. The van der Waals surface area contributed by atoms with Gasteiger partial charge in [0, 0.05) is 26.2 Å². The molecular formula is C17H24N2O2S. The van der Waals surface area contributed by atoms with Gasteiger partial charge < -0.3 is 15.2 Å². The van der Waals surface area contributed by atoms with Crippen LogP contribution in [-0.4, -0.2) is 38.8 Å². The molecule has 0 saturated carbocycles. The average Bonchev–Trinajstić information content (AvgIpc) is 3.05. The molecule has 1 aromatic heterocycles. The second kappa shape index (κ2) is 8.78. The summed E-state index contributed by atoms with van der Waals surface area (Å²) in [7, 11) is 3.32. The lowest BCUT2D eigenvalue weighted by molar-refractivity contribution is 0.276. The fraction of sp³-hybridized carbons (Fsp3) is 0.412. The van der Waals surface area contributed by atoms with E-state index in [0.29, 0.717) is 6.54 Å². The number of rotatable bonds is 9. The van der Waals surface area contributed by atoms with Crippen molar-refractivity contribution in [3.8, 4) is 11.5 Å². The Balaban J connectivity index is 1.96. The Bertz CT molecular complexity index is 558. The smallest absolute Gasteiger partial charge is 0.160 e. The molecule has 0 spiro atoms. The summed E-state index contributed by atoms with van der Waals surface area (Å²) in [5, 5.41) is 4.31. The molecule has 5 heteroatoms. The molecule has 22 heavy (non-hydrogen) atoms. The molecule has 0 saturated heterocycles. The number of nitrogens with two attached hydrogens (primary N) is 1. The normalized spacial score (nSPS) is 10.9. The minimum atomic E-state index is 0.677. The van der Waals surface area contributed by atoms with Crippen LogP contribution in [0.25, 0.3) is 0 Å². The van der Waals surface area contributed by atoms with E-state index in [1.165, 1.54) is 11.1 Å². The molecule has 2 aromatic rings. The first-order chi connectivity index (χ1) is 10.8. The second-order valence-corrected chi connectivity index (χ2v) is 5.92. The van der Waals surface area contributed by atoms with Gasteiger partial charge in [-0.1, -0.05) is 6.07 Å². The Hall–Kier alpha value is -1.56. The van der Waals surface area contributed by atoms with Crippen LogP contribution in [0.3, 0.4) is 0 Å². The molecule has 120 valence electrons. The SMILES string of the molecule is COc1ccc(CCN(CCN)Cc2ccsc2)cc1OC. The van der Waals surface area contributed by atoms with Crippen LogP contribution in [0.15, 0.2) is 35.0 Å². The van der Waals surface area contributed by atoms with Crippen molar-refractivity contribution in [2.45, 2.75) is 13.0 Å². The van der Waals surface area contributed by atoms with E-state index in [0.717, 1.165) is 37.6 Å². The van der Waals surface area contributed by atoms with Gasteiger partial charge in [0.2, 0.25) is 0 Å². The van der Waals surface area contributed by atoms with Crippen molar-refractivity contribution in [1.82, 2.24) is 4.90 Å². The van der Waals surface area contributed by atoms with Crippen LogP contribution in [0.1, 0.15) is 11.1 Å². The summed E-state index contributed by atoms with van der Waals surface area (Å²) < 4.78 is 10.6. The van der Waals surface area contributed by atoms with Crippen LogP contribution < -0.4 is 15.2 Å². The minimum Gasteiger partial charge on any atom is -0.493 e. The van der Waals surface area contributed by atoms with Crippen molar-refractivity contribution in [3.05, 3.63) is 46.2 Å². The van der Waals surface area contributed by atoms with Crippen LogP contribution in [0.4, 0.5) is 0 Å². The van der Waals surface area contributed by atoms with E-state index < -0.39 is 0 Å². The van der Waals surface area contributed by atoms with Crippen molar-refractivity contribution in [3.63, 3.8) is 0 Å². The van der Waals surface area contributed by atoms with Gasteiger partial charge in [0.15, 0.2) is 11.5 Å². The molecule has 0 aliphatic heterocycles. The maximum atomic E-state index is 5.74. The number of nitrogens with zero attached hydrogens (tertiary/aromatic N) is 1. The average molecular weight is 320 g/mol. The highest BCUT2D eigenvalue weighted by Crippen LogP contribution is 2.27. The molecule has 4 nitrogen and oxygen atoms in total. The first-order valence-corrected chi connectivity index (χ1v) is 8.35. The number of hydrogen-bond acceptors (Lipinski definition) is 5. The van der Waals surface area contributed by atoms with E-state index in [1.807, 2.05) is 12.1 Å². The second-order valence-electron chi connectivity index (χ2n) is 5.14. The third kappa shape index (κ3) is 4.73. The summed E-state index contributed by atoms with van der Waals surface area (Å²) in [6, 6.07) is 8.27. The van der Waals surface area contributed by atoms with Gasteiger partial charge in [-0.2, -0.15) is 11.3 Å². The molecule has 1 aromatic carbocycles. The molecule has 0 bridgehead atoms. The summed E-state index contributed by atoms with van der Waals surface area (Å²) in [4.78, 5) is 2.39. The molecule has 0 amide bonds. The maximum absolute atomic E-state index is 5.74. The van der Waals surface area contributed by atoms with E-state index in [-0.39, 0.29) is 0 Å². The van der Waals surface area contributed by atoms with E-state index in [2.05, 4.69) is 27.8 Å². The number of methoxy groups -OCH3 is 2. The van der Waals surface area contributed by atoms with Gasteiger partial charge in [0.1, 0.15) is 0 Å². The Labute approximate surface area is 136 Å². The van der Waals surface area contributed by atoms with Crippen molar-refractivity contribution in [1.29, 1.82) is 0 Å². The van der Waals surface area contributed by atoms with Crippen LogP contribution in [0, 0.1) is 0 Å². The van der Waals surface area contributed by atoms with Crippen molar-refractivity contribution < 1.29 is 9.47 Å². The van der Waals surface area contributed by atoms with Crippen LogP contribution in [0.5, 0.6) is 11.5 Å². The fourth-order valence-corrected chi connectivity index (χ4v) is 3.08. The monoisotopic (exact) mass is 320 g/mol. The Morgan fingerprint density at radius 3 is 2.50 bits per heavy atom. The molecule has 0 atom stereocenters. The molecule has 0 fully saturated rings. The van der Waals surface area contributed by atoms with Gasteiger partial charge in [-0.05, 0) is 46.5 Å². The van der Waals surface area contributed by atoms with Gasteiger partial charge >= 0.3 is 0 Å². The lowest BCUT2D eigenvalue weighted by Crippen LogP contribution is -2.30. The maximum Gasteiger partial charge on any atom is 0.160 e. The number of ether oxygens (including phenoxy) is 2. The van der Waals surface area contributed by atoms with E-state index >= 15 is 0 Å². The summed E-state index contributed by atoms with van der Waals surface area (Å²) in [5.74, 6) is 1.55. The minimum absolute atomic E-state index is 0.677. The molecule has 1 heterocycles. The molecule has 0 radical (unpaired) electrons. The number of hydrogen-bond donors (Lipinski definition) is 1. The topological polar surface area (TPSA) is 47.7 Å². The molecular weight excluding hydrogens is 296 g/mol. The van der Waals surface area contributed by atoms with Crippen molar-refractivity contribution >= 4 is 11.3 Å². The van der Waals surface area contributed by atoms with Gasteiger partial charge in [0.25, 0.3) is 0 Å². The Morgan fingerprint density at radius 2 is 1.86 bits per heavy atom. The van der Waals surface area contributed by atoms with Crippen LogP contribution in [0.2, 0.25) is 0 Å². The first-order valence-electron chi connectivity index (χ1n) is 7.41. The molecule has 0 aliphatic rings. The molecule has 0 unspecified atom stereocenters. The Morgan fingerprint density at radius 1 is 1.05 bits per heavy atom. The molecule has 2 N–H and O–H groups in total. The highest BCUT2D eigenvalue weighted by Gasteiger charge is 2.08. The first kappa shape index (κ1) is 16.8. The number of benzene rings is 1. The zero-order valence-electron chi connectivity index (χ0n) is 13.2. The highest BCUT2D eigenvalue weighted by atomic mass is 32.1. The fourth-order valence-electron chi connectivity index (χ4n) is 2.42. The van der Waals surface area contributed by atoms with E-state index in [4.69, 9.17) is 15.2 Å². The van der Waals surface area contributed by atoms with Crippen LogP contribution >= 0.6 is 11.3 Å². The zero-order chi connectivity index (χ0) is 15.8. The van der Waals surface area contributed by atoms with Gasteiger partial charge in [-0.25, -0.2) is 0 Å². The summed E-state index contributed by atoms with van der Waals surface area (Å²) in [5.41, 5.74) is 8.33. The van der Waals surface area contributed by atoms with Gasteiger partial charge in [-0.3, -0.25) is 4.90 Å². The van der Waals surface area contributed by atoms with E-state index in [9.17, 15) is 0 Å². The van der Waals surface area contributed by atoms with E-state index in [1.54, 1.807) is 25.6 Å². The van der Waals surface area contributed by atoms with Crippen LogP contribution in [-0.2, 0) is 13.0 Å². The van der Waals surface area contributed by atoms with Crippen molar-refractivity contribution in [2.24, 2.45) is 5.73 Å². The third-order valence-corrected chi connectivity index (χ3v) is 4.33.